The lowest BCUT2D eigenvalue weighted by molar-refractivity contribution is -0.454. The molecule has 10 heteroatoms. The second-order valence-corrected chi connectivity index (χ2v) is 6.22. The summed E-state index contributed by atoms with van der Waals surface area (Å²) in [6.07, 6.45) is -5.19. The predicted octanol–water partition coefficient (Wildman–Crippen LogP) is 1.61. The lowest BCUT2D eigenvalue weighted by Gasteiger charge is -2.25. The Morgan fingerprint density at radius 3 is 1.87 bits per heavy atom. The van der Waals surface area contributed by atoms with E-state index < -0.39 is 25.2 Å². The van der Waals surface area contributed by atoms with Crippen LogP contribution in [0.25, 0.3) is 0 Å². The van der Waals surface area contributed by atoms with E-state index in [1.807, 2.05) is 0 Å². The molecule has 0 spiro atoms. The van der Waals surface area contributed by atoms with Gasteiger partial charge < -0.3 is 0 Å². The first-order chi connectivity index (χ1) is 6.42. The van der Waals surface area contributed by atoms with Crippen LogP contribution in [0, 0.1) is 0 Å². The van der Waals surface area contributed by atoms with Crippen LogP contribution in [0.4, 0.5) is 13.2 Å². The molecular formula is C5H9ClF3NO4S. The molecule has 0 saturated carbocycles. The molecule has 0 atom stereocenters. The van der Waals surface area contributed by atoms with Gasteiger partial charge in [-0.05, 0) is 13.8 Å². The molecule has 0 aromatic heterocycles. The standard InChI is InChI=1S/C5H9ClF3NO4S/c1-4(2,6)15(11,12)10(13-3)14-5(7,8)9/h1-3H3. The molecule has 0 amide bonds. The van der Waals surface area contributed by atoms with Crippen LogP contribution < -0.4 is 0 Å². The average Bonchev–Trinajstić information content (AvgIpc) is 1.95. The fourth-order valence-electron chi connectivity index (χ4n) is 0.446. The minimum Gasteiger partial charge on any atom is -0.264 e. The second-order valence-electron chi connectivity index (χ2n) is 2.78. The molecule has 15 heavy (non-hydrogen) atoms. The zero-order chi connectivity index (χ0) is 12.5. The van der Waals surface area contributed by atoms with Crippen LogP contribution in [-0.2, 0) is 19.7 Å². The summed E-state index contributed by atoms with van der Waals surface area (Å²) < 4.78 is 55.2. The summed E-state index contributed by atoms with van der Waals surface area (Å²) in [5, 5.41) is 0. The molecule has 0 heterocycles. The van der Waals surface area contributed by atoms with E-state index in [0.29, 0.717) is 7.11 Å². The molecule has 0 unspecified atom stereocenters. The van der Waals surface area contributed by atoms with Gasteiger partial charge in [0, 0.05) is 0 Å². The van der Waals surface area contributed by atoms with Crippen LogP contribution in [0.1, 0.15) is 13.8 Å². The maximum Gasteiger partial charge on any atom is 0.541 e. The smallest absolute Gasteiger partial charge is 0.264 e. The van der Waals surface area contributed by atoms with E-state index in [1.54, 1.807) is 0 Å². The third kappa shape index (κ3) is 4.11. The average molecular weight is 272 g/mol. The van der Waals surface area contributed by atoms with Gasteiger partial charge in [0.15, 0.2) is 4.21 Å². The zero-order valence-electron chi connectivity index (χ0n) is 8.00. The number of hydrogen-bond acceptors (Lipinski definition) is 4. The summed E-state index contributed by atoms with van der Waals surface area (Å²) >= 11 is 5.37. The summed E-state index contributed by atoms with van der Waals surface area (Å²) in [6, 6.07) is 0. The molecule has 0 saturated heterocycles. The lowest BCUT2D eigenvalue weighted by Crippen LogP contribution is -2.43. The van der Waals surface area contributed by atoms with Crippen LogP contribution in [0.3, 0.4) is 0 Å². The van der Waals surface area contributed by atoms with Gasteiger partial charge in [-0.15, -0.1) is 24.8 Å². The number of sulfonamides is 1. The SMILES string of the molecule is CON(OC(F)(F)F)S(=O)(=O)C(C)(C)Cl. The first-order valence-corrected chi connectivity index (χ1v) is 5.27. The molecule has 0 aliphatic rings. The van der Waals surface area contributed by atoms with Gasteiger partial charge in [-0.25, -0.2) is 8.42 Å². The Bertz CT molecular complexity index is 309. The van der Waals surface area contributed by atoms with Crippen molar-refractivity contribution in [2.75, 3.05) is 7.11 Å². The minimum atomic E-state index is -5.19. The maximum atomic E-state index is 11.8. The van der Waals surface area contributed by atoms with E-state index in [9.17, 15) is 21.6 Å². The second kappa shape index (κ2) is 4.42. The van der Waals surface area contributed by atoms with Crippen LogP contribution in [0.2, 0.25) is 0 Å². The van der Waals surface area contributed by atoms with Crippen molar-refractivity contribution in [1.82, 2.24) is 4.63 Å². The van der Waals surface area contributed by atoms with Gasteiger partial charge in [-0.1, -0.05) is 0 Å². The van der Waals surface area contributed by atoms with Gasteiger partial charge in [0.05, 0.1) is 11.7 Å². The maximum absolute atomic E-state index is 11.8. The van der Waals surface area contributed by atoms with Crippen molar-refractivity contribution in [2.45, 2.75) is 24.4 Å². The Morgan fingerprint density at radius 2 is 1.67 bits per heavy atom. The third-order valence-electron chi connectivity index (χ3n) is 1.14. The van der Waals surface area contributed by atoms with Gasteiger partial charge in [-0.3, -0.25) is 4.84 Å². The molecule has 0 N–H and O–H groups in total. The van der Waals surface area contributed by atoms with E-state index in [1.165, 1.54) is 0 Å². The molecule has 5 nitrogen and oxygen atoms in total. The lowest BCUT2D eigenvalue weighted by atomic mass is 10.6. The molecule has 0 bridgehead atoms. The van der Waals surface area contributed by atoms with Crippen LogP contribution >= 0.6 is 11.6 Å². The molecule has 0 aromatic carbocycles. The van der Waals surface area contributed by atoms with Gasteiger partial charge in [0.2, 0.25) is 0 Å². The number of alkyl halides is 4. The van der Waals surface area contributed by atoms with E-state index >= 15 is 0 Å². The Hall–Kier alpha value is -0.0900. The molecule has 0 aliphatic carbocycles. The highest BCUT2D eigenvalue weighted by molar-refractivity contribution is 7.91. The van der Waals surface area contributed by atoms with E-state index in [-0.39, 0.29) is 0 Å². The van der Waals surface area contributed by atoms with Gasteiger partial charge in [0.1, 0.15) is 0 Å². The Balaban J connectivity index is 5.01. The zero-order valence-corrected chi connectivity index (χ0v) is 9.57. The third-order valence-corrected chi connectivity index (χ3v) is 3.56. The van der Waals surface area contributed by atoms with Gasteiger partial charge >= 0.3 is 6.36 Å². The van der Waals surface area contributed by atoms with Crippen molar-refractivity contribution < 1.29 is 31.3 Å². The van der Waals surface area contributed by atoms with Crippen molar-refractivity contribution in [2.24, 2.45) is 0 Å². The summed E-state index contributed by atoms with van der Waals surface area (Å²) in [6.45, 7) is 1.96. The Labute approximate surface area is 89.7 Å². The Morgan fingerprint density at radius 1 is 1.27 bits per heavy atom. The van der Waals surface area contributed by atoms with Crippen molar-refractivity contribution in [1.29, 1.82) is 0 Å². The first-order valence-electron chi connectivity index (χ1n) is 3.45. The molecule has 0 radical (unpaired) electrons. The van der Waals surface area contributed by atoms with Gasteiger partial charge in [0.25, 0.3) is 10.0 Å². The molecule has 0 aromatic rings. The van der Waals surface area contributed by atoms with E-state index in [2.05, 4.69) is 9.68 Å². The Kier molecular flexibility index (Phi) is 4.39. The topological polar surface area (TPSA) is 55.8 Å². The highest BCUT2D eigenvalue weighted by atomic mass is 35.5. The van der Waals surface area contributed by atoms with E-state index in [0.717, 1.165) is 13.8 Å². The first kappa shape index (κ1) is 14.9. The normalized spacial score (nSPS) is 14.7. The van der Waals surface area contributed by atoms with Crippen molar-refractivity contribution in [3.63, 3.8) is 0 Å². The van der Waals surface area contributed by atoms with Crippen molar-refractivity contribution >= 4 is 21.6 Å². The van der Waals surface area contributed by atoms with Crippen LogP contribution in [-0.4, -0.2) is 30.7 Å². The molecule has 92 valence electrons. The number of rotatable bonds is 4. The fraction of sp³-hybridized carbons (Fsp3) is 1.00. The van der Waals surface area contributed by atoms with E-state index in [4.69, 9.17) is 11.6 Å². The number of hydrogen-bond donors (Lipinski definition) is 0. The van der Waals surface area contributed by atoms with Crippen molar-refractivity contribution in [3.05, 3.63) is 0 Å². The van der Waals surface area contributed by atoms with Crippen molar-refractivity contribution in [3.8, 4) is 0 Å². The quantitative estimate of drug-likeness (QED) is 0.576. The summed E-state index contributed by atoms with van der Waals surface area (Å²) in [4.78, 5) is 7.05. The highest BCUT2D eigenvalue weighted by Crippen LogP contribution is 2.29. The predicted molar refractivity (Wildman–Crippen MR) is 44.8 cm³/mol. The van der Waals surface area contributed by atoms with Crippen LogP contribution in [0.5, 0.6) is 0 Å². The molecule has 0 aliphatic heterocycles. The monoisotopic (exact) mass is 271 g/mol. The summed E-state index contributed by atoms with van der Waals surface area (Å²) in [5.41, 5.74) is 0. The molecule has 0 rings (SSSR count). The number of halogens is 4. The summed E-state index contributed by atoms with van der Waals surface area (Å²) in [5.74, 6) is 0. The largest absolute Gasteiger partial charge is 0.541 e. The minimum absolute atomic E-state index is 0.681. The summed E-state index contributed by atoms with van der Waals surface area (Å²) in [7, 11) is -3.89. The van der Waals surface area contributed by atoms with Crippen LogP contribution in [0.15, 0.2) is 0 Å². The molecular weight excluding hydrogens is 263 g/mol. The van der Waals surface area contributed by atoms with Gasteiger partial charge in [-0.2, -0.15) is 4.84 Å². The number of nitrogens with zero attached hydrogens (tertiary/aromatic N) is 1. The fourth-order valence-corrected chi connectivity index (χ4v) is 1.35. The highest BCUT2D eigenvalue weighted by Gasteiger charge is 2.45. The molecule has 0 fully saturated rings.